The number of rotatable bonds is 9. The van der Waals surface area contributed by atoms with E-state index >= 15 is 0 Å². The van der Waals surface area contributed by atoms with Crippen LogP contribution >= 0.6 is 0 Å². The van der Waals surface area contributed by atoms with E-state index in [1.165, 1.54) is 38.8 Å². The molecule has 0 spiro atoms. The van der Waals surface area contributed by atoms with Crippen LogP contribution in [0.15, 0.2) is 0 Å². The van der Waals surface area contributed by atoms with Crippen LogP contribution < -0.4 is 5.73 Å². The number of nitrogens with zero attached hydrogens (tertiary/aromatic N) is 1. The molecule has 0 heterocycles. The number of hydrogen-bond donors (Lipinski definition) is 1. The lowest BCUT2D eigenvalue weighted by Gasteiger charge is -2.21. The molecule has 2 saturated carbocycles. The Hall–Kier alpha value is -0.120. The molecule has 2 fully saturated rings. The van der Waals surface area contributed by atoms with E-state index in [1.54, 1.807) is 0 Å². The van der Waals surface area contributed by atoms with Crippen molar-refractivity contribution in [1.29, 1.82) is 0 Å². The molecule has 2 aliphatic carbocycles. The lowest BCUT2D eigenvalue weighted by molar-refractivity contribution is 0.105. The van der Waals surface area contributed by atoms with E-state index in [9.17, 15) is 0 Å². The highest BCUT2D eigenvalue weighted by molar-refractivity contribution is 4.82. The third-order valence-electron chi connectivity index (χ3n) is 3.24. The standard InChI is InChI=1S/C12H24N2O/c13-5-7-15-8-6-14(9-11-1-2-11)10-12-3-4-12/h11-12H,1-10,13H2. The van der Waals surface area contributed by atoms with E-state index in [0.717, 1.165) is 25.0 Å². The van der Waals surface area contributed by atoms with Crippen LogP contribution in [0.5, 0.6) is 0 Å². The predicted octanol–water partition coefficient (Wildman–Crippen LogP) is 1.08. The Labute approximate surface area is 93.0 Å². The smallest absolute Gasteiger partial charge is 0.0594 e. The molecule has 0 aromatic rings. The maximum absolute atomic E-state index is 5.45. The number of hydrogen-bond acceptors (Lipinski definition) is 3. The Morgan fingerprint density at radius 3 is 2.07 bits per heavy atom. The van der Waals surface area contributed by atoms with Gasteiger partial charge in [-0.2, -0.15) is 0 Å². The molecule has 0 amide bonds. The second kappa shape index (κ2) is 5.83. The van der Waals surface area contributed by atoms with Gasteiger partial charge in [0.15, 0.2) is 0 Å². The van der Waals surface area contributed by atoms with Crippen LogP contribution in [0.3, 0.4) is 0 Å². The lowest BCUT2D eigenvalue weighted by Crippen LogP contribution is -2.32. The Morgan fingerprint density at radius 1 is 1.00 bits per heavy atom. The van der Waals surface area contributed by atoms with Gasteiger partial charge in [0.05, 0.1) is 13.2 Å². The van der Waals surface area contributed by atoms with Crippen molar-refractivity contribution in [1.82, 2.24) is 4.90 Å². The van der Waals surface area contributed by atoms with Gasteiger partial charge >= 0.3 is 0 Å². The zero-order chi connectivity index (χ0) is 10.5. The highest BCUT2D eigenvalue weighted by atomic mass is 16.5. The first-order valence-corrected chi connectivity index (χ1v) is 6.38. The minimum Gasteiger partial charge on any atom is -0.379 e. The molecule has 2 rings (SSSR count). The van der Waals surface area contributed by atoms with Crippen molar-refractivity contribution in [3.8, 4) is 0 Å². The van der Waals surface area contributed by atoms with E-state index in [-0.39, 0.29) is 0 Å². The second-order valence-corrected chi connectivity index (χ2v) is 5.05. The molecule has 0 unspecified atom stereocenters. The Balaban J connectivity index is 1.57. The summed E-state index contributed by atoms with van der Waals surface area (Å²) in [6.07, 6.45) is 5.80. The zero-order valence-electron chi connectivity index (χ0n) is 9.66. The van der Waals surface area contributed by atoms with E-state index in [1.807, 2.05) is 0 Å². The Morgan fingerprint density at radius 2 is 1.60 bits per heavy atom. The van der Waals surface area contributed by atoms with Gasteiger partial charge in [0, 0.05) is 26.2 Å². The molecule has 0 atom stereocenters. The lowest BCUT2D eigenvalue weighted by atomic mass is 10.3. The summed E-state index contributed by atoms with van der Waals surface area (Å²) in [6, 6.07) is 0. The molecular formula is C12H24N2O. The van der Waals surface area contributed by atoms with Crippen molar-refractivity contribution in [2.75, 3.05) is 39.4 Å². The van der Waals surface area contributed by atoms with E-state index in [0.29, 0.717) is 13.2 Å². The monoisotopic (exact) mass is 212 g/mol. The maximum Gasteiger partial charge on any atom is 0.0594 e. The summed E-state index contributed by atoms with van der Waals surface area (Å²) in [6.45, 7) is 5.93. The van der Waals surface area contributed by atoms with Crippen molar-refractivity contribution in [3.05, 3.63) is 0 Å². The van der Waals surface area contributed by atoms with Crippen LogP contribution in [0.4, 0.5) is 0 Å². The fourth-order valence-electron chi connectivity index (χ4n) is 1.97. The van der Waals surface area contributed by atoms with Crippen LogP contribution in [-0.4, -0.2) is 44.3 Å². The van der Waals surface area contributed by atoms with Gasteiger partial charge in [-0.3, -0.25) is 0 Å². The molecule has 15 heavy (non-hydrogen) atoms. The van der Waals surface area contributed by atoms with Crippen LogP contribution in [0.25, 0.3) is 0 Å². The van der Waals surface area contributed by atoms with Gasteiger partial charge in [0.1, 0.15) is 0 Å². The molecule has 3 heteroatoms. The second-order valence-electron chi connectivity index (χ2n) is 5.05. The maximum atomic E-state index is 5.45. The first-order valence-electron chi connectivity index (χ1n) is 6.38. The van der Waals surface area contributed by atoms with Crippen LogP contribution in [0, 0.1) is 11.8 Å². The van der Waals surface area contributed by atoms with Crippen molar-refractivity contribution in [2.45, 2.75) is 25.7 Å². The summed E-state index contributed by atoms with van der Waals surface area (Å²) in [5.41, 5.74) is 5.39. The van der Waals surface area contributed by atoms with Crippen molar-refractivity contribution in [3.63, 3.8) is 0 Å². The molecule has 0 bridgehead atoms. The van der Waals surface area contributed by atoms with E-state index in [2.05, 4.69) is 4.90 Å². The fourth-order valence-corrected chi connectivity index (χ4v) is 1.97. The highest BCUT2D eigenvalue weighted by Gasteiger charge is 2.28. The van der Waals surface area contributed by atoms with Gasteiger partial charge in [-0.15, -0.1) is 0 Å². The highest BCUT2D eigenvalue weighted by Crippen LogP contribution is 2.33. The quantitative estimate of drug-likeness (QED) is 0.581. The summed E-state index contributed by atoms with van der Waals surface area (Å²) >= 11 is 0. The molecule has 88 valence electrons. The third-order valence-corrected chi connectivity index (χ3v) is 3.24. The van der Waals surface area contributed by atoms with Gasteiger partial charge in [0.25, 0.3) is 0 Å². The summed E-state index contributed by atoms with van der Waals surface area (Å²) in [5, 5.41) is 0. The molecule has 3 nitrogen and oxygen atoms in total. The van der Waals surface area contributed by atoms with Gasteiger partial charge in [-0.1, -0.05) is 0 Å². The van der Waals surface area contributed by atoms with Crippen LogP contribution in [0.2, 0.25) is 0 Å². The molecule has 0 aromatic carbocycles. The fraction of sp³-hybridized carbons (Fsp3) is 1.00. The summed E-state index contributed by atoms with van der Waals surface area (Å²) < 4.78 is 5.45. The van der Waals surface area contributed by atoms with Gasteiger partial charge < -0.3 is 15.4 Å². The predicted molar refractivity (Wildman–Crippen MR) is 61.8 cm³/mol. The number of nitrogens with two attached hydrogens (primary N) is 1. The summed E-state index contributed by atoms with van der Waals surface area (Å²) in [4.78, 5) is 2.60. The van der Waals surface area contributed by atoms with Crippen molar-refractivity contribution < 1.29 is 4.74 Å². The third kappa shape index (κ3) is 4.96. The number of ether oxygens (including phenoxy) is 1. The summed E-state index contributed by atoms with van der Waals surface area (Å²) in [5.74, 6) is 2.00. The van der Waals surface area contributed by atoms with Crippen LogP contribution in [-0.2, 0) is 4.74 Å². The molecule has 0 aliphatic heterocycles. The van der Waals surface area contributed by atoms with Crippen molar-refractivity contribution in [2.24, 2.45) is 17.6 Å². The topological polar surface area (TPSA) is 38.5 Å². The van der Waals surface area contributed by atoms with E-state index in [4.69, 9.17) is 10.5 Å². The minimum atomic E-state index is 0.644. The molecular weight excluding hydrogens is 188 g/mol. The van der Waals surface area contributed by atoms with E-state index < -0.39 is 0 Å². The average molecular weight is 212 g/mol. The Kier molecular flexibility index (Phi) is 4.42. The normalized spacial score (nSPS) is 21.2. The average Bonchev–Trinajstić information content (AvgIpc) is 3.07. The van der Waals surface area contributed by atoms with Gasteiger partial charge in [-0.05, 0) is 37.5 Å². The molecule has 2 N–H and O–H groups in total. The molecule has 0 radical (unpaired) electrons. The first-order chi connectivity index (χ1) is 7.38. The molecule has 0 aromatic heterocycles. The molecule has 2 aliphatic rings. The minimum absolute atomic E-state index is 0.644. The Bertz CT molecular complexity index is 164. The van der Waals surface area contributed by atoms with Crippen LogP contribution in [0.1, 0.15) is 25.7 Å². The van der Waals surface area contributed by atoms with Gasteiger partial charge in [-0.25, -0.2) is 0 Å². The van der Waals surface area contributed by atoms with Gasteiger partial charge in [0.2, 0.25) is 0 Å². The molecule has 0 saturated heterocycles. The van der Waals surface area contributed by atoms with Crippen molar-refractivity contribution >= 4 is 0 Å². The largest absolute Gasteiger partial charge is 0.379 e. The summed E-state index contributed by atoms with van der Waals surface area (Å²) in [7, 11) is 0. The SMILES string of the molecule is NCCOCCN(CC1CC1)CC1CC1. The first kappa shape index (κ1) is 11.4. The zero-order valence-corrected chi connectivity index (χ0v) is 9.66.